The zero-order valence-corrected chi connectivity index (χ0v) is 23.4. The quantitative estimate of drug-likeness (QED) is 0.327. The molecular formula is C30H33FN6O4. The molecule has 1 N–H and O–H groups in total. The topological polar surface area (TPSA) is 104 Å². The maximum Gasteiger partial charge on any atom is 0.341 e. The van der Waals surface area contributed by atoms with Crippen LogP contribution in [0.5, 0.6) is 5.75 Å². The van der Waals surface area contributed by atoms with Gasteiger partial charge in [-0.25, -0.2) is 19.2 Å². The van der Waals surface area contributed by atoms with E-state index in [0.717, 1.165) is 31.3 Å². The molecule has 0 amide bonds. The lowest BCUT2D eigenvalue weighted by molar-refractivity contribution is 0.0695. The molecule has 1 aliphatic rings. The van der Waals surface area contributed by atoms with E-state index in [1.807, 2.05) is 34.1 Å². The fourth-order valence-electron chi connectivity index (χ4n) is 5.31. The molecule has 11 heteroatoms. The summed E-state index contributed by atoms with van der Waals surface area (Å²) >= 11 is 0. The van der Waals surface area contributed by atoms with E-state index in [1.165, 1.54) is 13.3 Å². The number of piperazine rings is 1. The molecule has 2 aromatic heterocycles. The van der Waals surface area contributed by atoms with Crippen molar-refractivity contribution >= 4 is 28.5 Å². The second-order valence-corrected chi connectivity index (χ2v) is 9.83. The number of aromatic carboxylic acids is 1. The molecular weight excluding hydrogens is 527 g/mol. The van der Waals surface area contributed by atoms with Crippen molar-refractivity contribution in [2.45, 2.75) is 20.4 Å². The van der Waals surface area contributed by atoms with Crippen LogP contribution in [0.2, 0.25) is 0 Å². The summed E-state index contributed by atoms with van der Waals surface area (Å²) in [5.74, 6) is -1.26. The number of pyridine rings is 1. The molecule has 0 radical (unpaired) electrons. The average Bonchev–Trinajstić information content (AvgIpc) is 3.00. The fourth-order valence-corrected chi connectivity index (χ4v) is 5.31. The van der Waals surface area contributed by atoms with Gasteiger partial charge in [0, 0.05) is 57.0 Å². The minimum absolute atomic E-state index is 0.0634. The molecule has 1 saturated heterocycles. The van der Waals surface area contributed by atoms with Gasteiger partial charge in [0.2, 0.25) is 11.4 Å². The number of hydrogen-bond donors (Lipinski definition) is 1. The van der Waals surface area contributed by atoms with Gasteiger partial charge in [0.05, 0.1) is 12.5 Å². The molecule has 4 aromatic rings. The lowest BCUT2D eigenvalue weighted by atomic mass is 10.1. The molecule has 214 valence electrons. The van der Waals surface area contributed by atoms with Crippen LogP contribution in [-0.4, -0.2) is 76.9 Å². The normalized spacial score (nSPS) is 13.7. The smallest absolute Gasteiger partial charge is 0.341 e. The van der Waals surface area contributed by atoms with Crippen molar-refractivity contribution in [3.8, 4) is 11.4 Å². The molecule has 1 fully saturated rings. The zero-order chi connectivity index (χ0) is 29.1. The summed E-state index contributed by atoms with van der Waals surface area (Å²) in [5.41, 5.74) is 1.04. The van der Waals surface area contributed by atoms with Crippen molar-refractivity contribution in [2.24, 2.45) is 0 Å². The van der Waals surface area contributed by atoms with Crippen molar-refractivity contribution in [2.75, 3.05) is 56.2 Å². The van der Waals surface area contributed by atoms with Crippen LogP contribution < -0.4 is 20.0 Å². The van der Waals surface area contributed by atoms with E-state index >= 15 is 4.39 Å². The van der Waals surface area contributed by atoms with Crippen LogP contribution in [-0.2, 0) is 6.54 Å². The number of carboxylic acid groups (broad SMARTS) is 1. The molecule has 0 aliphatic carbocycles. The highest BCUT2D eigenvalue weighted by molar-refractivity contribution is 5.97. The number of rotatable bonds is 9. The van der Waals surface area contributed by atoms with Crippen LogP contribution in [0.25, 0.3) is 16.6 Å². The van der Waals surface area contributed by atoms with Gasteiger partial charge in [0.25, 0.3) is 0 Å². The number of hydrogen-bond acceptors (Lipinski definition) is 8. The Balaban J connectivity index is 1.61. The Morgan fingerprint density at radius 1 is 1.05 bits per heavy atom. The molecule has 10 nitrogen and oxygen atoms in total. The number of nitrogens with zero attached hydrogens (tertiary/aromatic N) is 6. The van der Waals surface area contributed by atoms with Crippen LogP contribution in [0.4, 0.5) is 16.0 Å². The third kappa shape index (κ3) is 5.45. The van der Waals surface area contributed by atoms with E-state index < -0.39 is 22.8 Å². The van der Waals surface area contributed by atoms with Crippen molar-refractivity contribution in [1.29, 1.82) is 0 Å². The predicted octanol–water partition coefficient (Wildman–Crippen LogP) is 3.80. The number of ether oxygens (including phenoxy) is 1. The van der Waals surface area contributed by atoms with Crippen LogP contribution >= 0.6 is 0 Å². The minimum Gasteiger partial charge on any atom is -0.492 e. The second kappa shape index (κ2) is 11.9. The summed E-state index contributed by atoms with van der Waals surface area (Å²) in [6, 6.07) is 10.6. The molecule has 41 heavy (non-hydrogen) atoms. The summed E-state index contributed by atoms with van der Waals surface area (Å²) in [6.45, 7) is 8.88. The molecule has 3 heterocycles. The van der Waals surface area contributed by atoms with Crippen molar-refractivity contribution in [3.63, 3.8) is 0 Å². The summed E-state index contributed by atoms with van der Waals surface area (Å²) in [4.78, 5) is 40.1. The maximum atomic E-state index is 15.8. The second-order valence-electron chi connectivity index (χ2n) is 9.83. The van der Waals surface area contributed by atoms with E-state index in [0.29, 0.717) is 43.3 Å². The Bertz CT molecular complexity index is 1600. The van der Waals surface area contributed by atoms with Crippen LogP contribution in [0.15, 0.2) is 59.8 Å². The van der Waals surface area contributed by atoms with Gasteiger partial charge in [-0.1, -0.05) is 26.0 Å². The number of fused-ring (bicyclic) bond motifs is 1. The highest BCUT2D eigenvalue weighted by atomic mass is 19.1. The average molecular weight is 561 g/mol. The Kier molecular flexibility index (Phi) is 8.16. The standard InChI is InChI=1S/C30H33FN6O4/c1-4-34(5-2)18-20-7-9-21(10-8-20)37-19-23(29(39)40)27(38)22-17-24(31)26(28(41-3)25(22)37)35-13-15-36(16-14-35)30-32-11-6-12-33-30/h6-12,17,19H,4-5,13-16,18H2,1-3H3,(H,39,40). The van der Waals surface area contributed by atoms with Gasteiger partial charge in [-0.3, -0.25) is 9.69 Å². The Labute approximate surface area is 237 Å². The molecule has 0 atom stereocenters. The van der Waals surface area contributed by atoms with Crippen molar-refractivity contribution in [1.82, 2.24) is 19.4 Å². The molecule has 5 rings (SSSR count). The van der Waals surface area contributed by atoms with Gasteiger partial charge in [-0.15, -0.1) is 0 Å². The first-order valence-corrected chi connectivity index (χ1v) is 13.6. The summed E-state index contributed by atoms with van der Waals surface area (Å²) in [5, 5.41) is 9.74. The van der Waals surface area contributed by atoms with Crippen molar-refractivity contribution < 1.29 is 19.0 Å². The van der Waals surface area contributed by atoms with E-state index in [9.17, 15) is 14.7 Å². The molecule has 0 spiro atoms. The monoisotopic (exact) mass is 560 g/mol. The van der Waals surface area contributed by atoms with E-state index in [-0.39, 0.29) is 16.8 Å². The molecule has 1 aliphatic heterocycles. The Morgan fingerprint density at radius 2 is 1.68 bits per heavy atom. The van der Waals surface area contributed by atoms with Crippen LogP contribution in [0, 0.1) is 5.82 Å². The third-order valence-corrected chi connectivity index (χ3v) is 7.55. The van der Waals surface area contributed by atoms with Gasteiger partial charge < -0.3 is 24.2 Å². The number of carbonyl (C=O) groups is 1. The summed E-state index contributed by atoms with van der Waals surface area (Å²) < 4.78 is 23.2. The lowest BCUT2D eigenvalue weighted by Crippen LogP contribution is -2.47. The number of methoxy groups -OCH3 is 1. The highest BCUT2D eigenvalue weighted by Gasteiger charge is 2.28. The maximum absolute atomic E-state index is 15.8. The number of aromatic nitrogens is 3. The molecule has 0 bridgehead atoms. The van der Waals surface area contributed by atoms with Gasteiger partial charge in [0.1, 0.15) is 16.8 Å². The van der Waals surface area contributed by atoms with Crippen LogP contribution in [0.1, 0.15) is 29.8 Å². The predicted molar refractivity (Wildman–Crippen MR) is 156 cm³/mol. The molecule has 2 aromatic carbocycles. The number of anilines is 2. The van der Waals surface area contributed by atoms with E-state index in [2.05, 4.69) is 28.7 Å². The largest absolute Gasteiger partial charge is 0.492 e. The first-order chi connectivity index (χ1) is 19.9. The molecule has 0 saturated carbocycles. The van der Waals surface area contributed by atoms with Crippen LogP contribution in [0.3, 0.4) is 0 Å². The fraction of sp³-hybridized carbons (Fsp3) is 0.333. The zero-order valence-electron chi connectivity index (χ0n) is 23.4. The minimum atomic E-state index is -1.38. The Hall–Kier alpha value is -4.51. The SMILES string of the molecule is CCN(CC)Cc1ccc(-n2cc(C(=O)O)c(=O)c3cc(F)c(N4CCN(c5ncccn5)CC4)c(OC)c32)cc1. The third-order valence-electron chi connectivity index (χ3n) is 7.55. The van der Waals surface area contributed by atoms with E-state index in [1.54, 1.807) is 23.0 Å². The molecule has 0 unspecified atom stereocenters. The Morgan fingerprint density at radius 3 is 2.27 bits per heavy atom. The van der Waals surface area contributed by atoms with E-state index in [4.69, 9.17) is 4.74 Å². The lowest BCUT2D eigenvalue weighted by Gasteiger charge is -2.37. The highest BCUT2D eigenvalue weighted by Crippen LogP contribution is 2.39. The first kappa shape index (κ1) is 28.0. The van der Waals surface area contributed by atoms with Gasteiger partial charge in [-0.2, -0.15) is 0 Å². The summed E-state index contributed by atoms with van der Waals surface area (Å²) in [7, 11) is 1.43. The number of benzene rings is 2. The number of halogens is 1. The van der Waals surface area contributed by atoms with Gasteiger partial charge >= 0.3 is 5.97 Å². The first-order valence-electron chi connectivity index (χ1n) is 13.6. The number of carboxylic acids is 1. The van der Waals surface area contributed by atoms with Gasteiger partial charge in [0.15, 0.2) is 11.6 Å². The van der Waals surface area contributed by atoms with Gasteiger partial charge in [-0.05, 0) is 42.9 Å². The summed E-state index contributed by atoms with van der Waals surface area (Å²) in [6.07, 6.45) is 4.66. The van der Waals surface area contributed by atoms with Crippen molar-refractivity contribution in [3.05, 3.63) is 82.2 Å².